The summed E-state index contributed by atoms with van der Waals surface area (Å²) in [5, 5.41) is 14.2. The molecule has 2 fully saturated rings. The first kappa shape index (κ1) is 29.0. The fraction of sp³-hybridized carbons (Fsp3) is 0.500. The number of carbonyl (C=O) groups is 3. The predicted molar refractivity (Wildman–Crippen MR) is 164 cm³/mol. The van der Waals surface area contributed by atoms with Crippen molar-refractivity contribution >= 4 is 34.6 Å². The standard InChI is InChI=1S/C32H41N7O4/c1-3-22-16-21(17-24-19-33-36-29(22)24)18-28(30(40)43-26-10-12-37(2)13-11-26)35-31(41)38-14-8-25(9-15-38)39-20-23-6-4-5-7-27(23)34-32(39)42/h4-7,16-17,19,25-26,28H,3,8-15,18,20H2,1-2H3,(H,33,36)(H,34,42)(H,35,41). The second kappa shape index (κ2) is 12.6. The Morgan fingerprint density at radius 2 is 1.86 bits per heavy atom. The number of amides is 4. The number of rotatable bonds is 7. The zero-order chi connectivity index (χ0) is 29.9. The van der Waals surface area contributed by atoms with E-state index in [4.69, 9.17) is 4.74 Å². The number of carbonyl (C=O) groups excluding carboxylic acids is 3. The van der Waals surface area contributed by atoms with Crippen LogP contribution in [-0.2, 0) is 28.9 Å². The molecule has 3 aliphatic rings. The van der Waals surface area contributed by atoms with E-state index in [9.17, 15) is 14.4 Å². The molecule has 4 heterocycles. The molecule has 3 aromatic rings. The first-order valence-corrected chi connectivity index (χ1v) is 15.4. The highest BCUT2D eigenvalue weighted by molar-refractivity contribution is 5.92. The van der Waals surface area contributed by atoms with Crippen LogP contribution in [0.5, 0.6) is 0 Å². The van der Waals surface area contributed by atoms with Gasteiger partial charge in [0.15, 0.2) is 0 Å². The van der Waals surface area contributed by atoms with Gasteiger partial charge >= 0.3 is 18.0 Å². The number of anilines is 1. The number of aromatic nitrogens is 2. The van der Waals surface area contributed by atoms with Gasteiger partial charge in [0.2, 0.25) is 0 Å². The summed E-state index contributed by atoms with van der Waals surface area (Å²) >= 11 is 0. The minimum atomic E-state index is -0.816. The predicted octanol–water partition coefficient (Wildman–Crippen LogP) is 3.90. The number of aromatic amines is 1. The molecule has 2 saturated heterocycles. The second-order valence-corrected chi connectivity index (χ2v) is 12.0. The summed E-state index contributed by atoms with van der Waals surface area (Å²) in [6.45, 7) is 5.40. The molecule has 228 valence electrons. The van der Waals surface area contributed by atoms with Gasteiger partial charge in [0.1, 0.15) is 12.1 Å². The van der Waals surface area contributed by atoms with Crippen molar-refractivity contribution in [1.29, 1.82) is 0 Å². The molecular weight excluding hydrogens is 546 g/mol. The number of aryl methyl sites for hydroxylation is 1. The molecule has 3 aliphatic heterocycles. The number of hydrogen-bond donors (Lipinski definition) is 3. The minimum absolute atomic E-state index is 0.0387. The smallest absolute Gasteiger partial charge is 0.329 e. The lowest BCUT2D eigenvalue weighted by molar-refractivity contribution is -0.153. The minimum Gasteiger partial charge on any atom is -0.461 e. The molecule has 0 aliphatic carbocycles. The van der Waals surface area contributed by atoms with Crippen LogP contribution in [0.2, 0.25) is 0 Å². The number of hydrogen-bond acceptors (Lipinski definition) is 6. The number of urea groups is 2. The molecule has 3 N–H and O–H groups in total. The summed E-state index contributed by atoms with van der Waals surface area (Å²) in [5.41, 5.74) is 5.01. The lowest BCUT2D eigenvalue weighted by Gasteiger charge is -2.40. The molecule has 0 bridgehead atoms. The molecule has 6 rings (SSSR count). The molecule has 0 spiro atoms. The highest BCUT2D eigenvalue weighted by Crippen LogP contribution is 2.28. The maximum Gasteiger partial charge on any atom is 0.329 e. The van der Waals surface area contributed by atoms with Crippen LogP contribution >= 0.6 is 0 Å². The number of fused-ring (bicyclic) bond motifs is 2. The topological polar surface area (TPSA) is 123 Å². The monoisotopic (exact) mass is 587 g/mol. The van der Waals surface area contributed by atoms with Gasteiger partial charge in [-0.3, -0.25) is 5.10 Å². The van der Waals surface area contributed by atoms with Crippen LogP contribution in [0.3, 0.4) is 0 Å². The van der Waals surface area contributed by atoms with E-state index in [1.54, 1.807) is 11.1 Å². The van der Waals surface area contributed by atoms with E-state index in [2.05, 4.69) is 45.8 Å². The molecule has 43 heavy (non-hydrogen) atoms. The van der Waals surface area contributed by atoms with E-state index in [-0.39, 0.29) is 24.2 Å². The molecule has 11 heteroatoms. The average Bonchev–Trinajstić information content (AvgIpc) is 3.50. The lowest BCUT2D eigenvalue weighted by atomic mass is 9.99. The summed E-state index contributed by atoms with van der Waals surface area (Å²) in [7, 11) is 2.07. The van der Waals surface area contributed by atoms with Crippen molar-refractivity contribution in [3.05, 3.63) is 59.3 Å². The van der Waals surface area contributed by atoms with Crippen molar-refractivity contribution in [2.75, 3.05) is 38.5 Å². The maximum absolute atomic E-state index is 13.5. The third-order valence-corrected chi connectivity index (χ3v) is 9.09. The van der Waals surface area contributed by atoms with Crippen molar-refractivity contribution in [3.63, 3.8) is 0 Å². The number of benzene rings is 2. The second-order valence-electron chi connectivity index (χ2n) is 12.0. The fourth-order valence-electron chi connectivity index (χ4n) is 6.51. The van der Waals surface area contributed by atoms with Crippen LogP contribution < -0.4 is 10.6 Å². The Morgan fingerprint density at radius 1 is 1.09 bits per heavy atom. The van der Waals surface area contributed by atoms with E-state index in [0.717, 1.165) is 65.6 Å². The molecule has 1 unspecified atom stereocenters. The molecule has 2 aromatic carbocycles. The zero-order valence-corrected chi connectivity index (χ0v) is 25.0. The molecule has 4 amide bonds. The molecule has 0 saturated carbocycles. The number of ether oxygens (including phenoxy) is 1. The molecular formula is C32H41N7O4. The summed E-state index contributed by atoms with van der Waals surface area (Å²) in [6, 6.07) is 10.8. The third kappa shape index (κ3) is 6.46. The largest absolute Gasteiger partial charge is 0.461 e. The maximum atomic E-state index is 13.5. The number of H-pyrrole nitrogens is 1. The Kier molecular flexibility index (Phi) is 8.51. The first-order valence-electron chi connectivity index (χ1n) is 15.4. The zero-order valence-electron chi connectivity index (χ0n) is 25.0. The van der Waals surface area contributed by atoms with E-state index >= 15 is 0 Å². The Labute approximate surface area is 251 Å². The molecule has 11 nitrogen and oxygen atoms in total. The van der Waals surface area contributed by atoms with Crippen LogP contribution in [0.4, 0.5) is 15.3 Å². The van der Waals surface area contributed by atoms with Gasteiger partial charge in [0.25, 0.3) is 0 Å². The number of nitrogens with one attached hydrogen (secondary N) is 3. The first-order chi connectivity index (χ1) is 20.9. The van der Waals surface area contributed by atoms with Crippen LogP contribution in [0.25, 0.3) is 10.9 Å². The van der Waals surface area contributed by atoms with E-state index in [1.807, 2.05) is 35.2 Å². The van der Waals surface area contributed by atoms with Gasteiger partial charge in [-0.05, 0) is 68.0 Å². The number of likely N-dealkylation sites (tertiary alicyclic amines) is 2. The quantitative estimate of drug-likeness (QED) is 0.361. The van der Waals surface area contributed by atoms with Gasteiger partial charge in [-0.15, -0.1) is 0 Å². The highest BCUT2D eigenvalue weighted by Gasteiger charge is 2.34. The van der Waals surface area contributed by atoms with Gasteiger partial charge in [0.05, 0.1) is 11.7 Å². The highest BCUT2D eigenvalue weighted by atomic mass is 16.5. The van der Waals surface area contributed by atoms with Crippen molar-refractivity contribution in [2.24, 2.45) is 0 Å². The van der Waals surface area contributed by atoms with Gasteiger partial charge in [-0.1, -0.05) is 31.2 Å². The van der Waals surface area contributed by atoms with Crippen molar-refractivity contribution in [1.82, 2.24) is 30.2 Å². The van der Waals surface area contributed by atoms with E-state index in [1.165, 1.54) is 0 Å². The van der Waals surface area contributed by atoms with Crippen molar-refractivity contribution < 1.29 is 19.1 Å². The normalized spacial score (nSPS) is 19.2. The molecule has 1 aromatic heterocycles. The summed E-state index contributed by atoms with van der Waals surface area (Å²) in [6.07, 6.45) is 5.69. The number of para-hydroxylation sites is 1. The Hall–Kier alpha value is -4.12. The number of piperidine rings is 2. The number of nitrogens with zero attached hydrogens (tertiary/aromatic N) is 4. The molecule has 1 atom stereocenters. The van der Waals surface area contributed by atoms with Crippen LogP contribution in [0, 0.1) is 0 Å². The Balaban J connectivity index is 1.12. The van der Waals surface area contributed by atoms with Crippen molar-refractivity contribution in [2.45, 2.75) is 70.2 Å². The Morgan fingerprint density at radius 3 is 2.63 bits per heavy atom. The summed E-state index contributed by atoms with van der Waals surface area (Å²) in [5.74, 6) is -0.396. The fourth-order valence-corrected chi connectivity index (χ4v) is 6.51. The van der Waals surface area contributed by atoms with Gasteiger partial charge in [0, 0.05) is 56.3 Å². The van der Waals surface area contributed by atoms with Gasteiger partial charge in [-0.2, -0.15) is 5.10 Å². The summed E-state index contributed by atoms with van der Waals surface area (Å²) in [4.78, 5) is 45.7. The Bertz CT molecular complexity index is 1470. The van der Waals surface area contributed by atoms with E-state index in [0.29, 0.717) is 38.9 Å². The van der Waals surface area contributed by atoms with Crippen LogP contribution in [-0.4, -0.2) is 94.3 Å². The summed E-state index contributed by atoms with van der Waals surface area (Å²) < 4.78 is 5.96. The lowest BCUT2D eigenvalue weighted by Crippen LogP contribution is -2.55. The van der Waals surface area contributed by atoms with Crippen LogP contribution in [0.1, 0.15) is 49.3 Å². The third-order valence-electron chi connectivity index (χ3n) is 9.09. The average molecular weight is 588 g/mol. The van der Waals surface area contributed by atoms with Gasteiger partial charge in [-0.25, -0.2) is 14.4 Å². The van der Waals surface area contributed by atoms with Crippen molar-refractivity contribution in [3.8, 4) is 0 Å². The van der Waals surface area contributed by atoms with Crippen LogP contribution in [0.15, 0.2) is 42.6 Å². The number of esters is 1. The van der Waals surface area contributed by atoms with Gasteiger partial charge < -0.3 is 30.1 Å². The SMILES string of the molecule is CCc1cc(CC(NC(=O)N2CCC(N3Cc4ccccc4NC3=O)CC2)C(=O)OC2CCN(C)CC2)cc2cn[nH]c12. The molecule has 0 radical (unpaired) electrons. The van der Waals surface area contributed by atoms with E-state index < -0.39 is 12.0 Å².